The molecule has 80 valence electrons. The van der Waals surface area contributed by atoms with E-state index in [1.165, 1.54) is 12.1 Å². The molecule has 2 rings (SSSR count). The van der Waals surface area contributed by atoms with E-state index >= 15 is 0 Å². The van der Waals surface area contributed by atoms with E-state index in [1.807, 2.05) is 0 Å². The molecule has 0 aliphatic heterocycles. The molecular weight excluding hydrogens is 199 g/mol. The van der Waals surface area contributed by atoms with Crippen molar-refractivity contribution >= 4 is 5.97 Å². The van der Waals surface area contributed by atoms with Crippen molar-refractivity contribution in [3.8, 4) is 5.75 Å². The van der Waals surface area contributed by atoms with Crippen molar-refractivity contribution in [3.63, 3.8) is 0 Å². The average Bonchev–Trinajstić information content (AvgIpc) is 2.88. The number of hydrogen-bond donors (Lipinski definition) is 1. The fourth-order valence-corrected chi connectivity index (χ4v) is 1.85. The number of benzene rings is 1. The zero-order valence-corrected chi connectivity index (χ0v) is 7.94. The zero-order chi connectivity index (χ0) is 11.0. The number of halogens is 1. The first-order valence-corrected chi connectivity index (χ1v) is 4.76. The third-order valence-corrected chi connectivity index (χ3v) is 2.75. The number of aliphatic carboxylic acids is 1. The number of phenolic OH excluding ortho intramolecular Hbond substituents is 1. The predicted octanol–water partition coefficient (Wildman–Crippen LogP) is 0.775. The summed E-state index contributed by atoms with van der Waals surface area (Å²) in [6, 6.07) is 4.17. The molecule has 0 spiro atoms. The summed E-state index contributed by atoms with van der Waals surface area (Å²) in [7, 11) is 0. The maximum atomic E-state index is 13.0. The maximum absolute atomic E-state index is 13.0. The molecule has 1 N–H and O–H groups in total. The summed E-state index contributed by atoms with van der Waals surface area (Å²) < 4.78 is 13.0. The van der Waals surface area contributed by atoms with Crippen LogP contribution in [0.5, 0.6) is 5.75 Å². The number of carboxylic acids is 1. The minimum atomic E-state index is -1.07. The molecule has 0 aromatic heterocycles. The van der Waals surface area contributed by atoms with E-state index in [4.69, 9.17) is 5.11 Å². The third kappa shape index (κ3) is 2.09. The Balaban J connectivity index is 2.07. The molecule has 1 aliphatic rings. The molecule has 3 nitrogen and oxygen atoms in total. The van der Waals surface area contributed by atoms with Gasteiger partial charge in [-0.3, -0.25) is 0 Å². The topological polar surface area (TPSA) is 60.4 Å². The van der Waals surface area contributed by atoms with Gasteiger partial charge in [0, 0.05) is 5.97 Å². The first kappa shape index (κ1) is 9.96. The number of carbonyl (C=O) groups excluding carboxylic acids is 1. The van der Waals surface area contributed by atoms with Gasteiger partial charge in [0.15, 0.2) is 11.6 Å². The first-order chi connectivity index (χ1) is 7.08. The molecule has 2 unspecified atom stereocenters. The lowest BCUT2D eigenvalue weighted by molar-refractivity contribution is -0.306. The smallest absolute Gasteiger partial charge is 0.165 e. The highest BCUT2D eigenvalue weighted by Crippen LogP contribution is 2.49. The van der Waals surface area contributed by atoms with Gasteiger partial charge in [-0.15, -0.1) is 0 Å². The monoisotopic (exact) mass is 209 g/mol. The van der Waals surface area contributed by atoms with Gasteiger partial charge in [-0.2, -0.15) is 0 Å². The Hall–Kier alpha value is -1.58. The fraction of sp³-hybridized carbons (Fsp3) is 0.364. The van der Waals surface area contributed by atoms with E-state index in [9.17, 15) is 14.3 Å². The minimum Gasteiger partial charge on any atom is -0.550 e. The Bertz CT molecular complexity index is 403. The van der Waals surface area contributed by atoms with Crippen LogP contribution in [0.2, 0.25) is 0 Å². The number of phenols is 1. The Kier molecular flexibility index (Phi) is 2.34. The highest BCUT2D eigenvalue weighted by Gasteiger charge is 2.38. The second-order valence-electron chi connectivity index (χ2n) is 3.89. The average molecular weight is 209 g/mol. The molecule has 0 bridgehead atoms. The maximum Gasteiger partial charge on any atom is 0.165 e. The molecule has 2 atom stereocenters. The molecule has 15 heavy (non-hydrogen) atoms. The molecule has 1 aromatic rings. The highest BCUT2D eigenvalue weighted by atomic mass is 19.1. The molecule has 4 heteroatoms. The van der Waals surface area contributed by atoms with Crippen LogP contribution < -0.4 is 5.11 Å². The number of rotatable bonds is 3. The standard InChI is InChI=1S/C11H11FO3/c12-9-4-6(1-2-10(9)13)8-3-7(8)5-11(14)15/h1-2,4,7-8,13H,3,5H2,(H,14,15)/p-1. The van der Waals surface area contributed by atoms with Gasteiger partial charge in [0.05, 0.1) is 0 Å². The normalized spacial score (nSPS) is 23.8. The minimum absolute atomic E-state index is 0.0210. The van der Waals surface area contributed by atoms with Gasteiger partial charge in [0.1, 0.15) is 0 Å². The summed E-state index contributed by atoms with van der Waals surface area (Å²) in [5.74, 6) is -1.96. The lowest BCUT2D eigenvalue weighted by Gasteiger charge is -2.03. The molecule has 0 amide bonds. The quantitative estimate of drug-likeness (QED) is 0.800. The lowest BCUT2D eigenvalue weighted by Crippen LogP contribution is -2.22. The van der Waals surface area contributed by atoms with Gasteiger partial charge in [0.2, 0.25) is 0 Å². The van der Waals surface area contributed by atoms with Crippen molar-refractivity contribution in [3.05, 3.63) is 29.6 Å². The molecular formula is C11H10FO3-. The molecule has 1 aromatic carbocycles. The van der Waals surface area contributed by atoms with Gasteiger partial charge in [0.25, 0.3) is 0 Å². The molecule has 1 aliphatic carbocycles. The first-order valence-electron chi connectivity index (χ1n) is 4.76. The van der Waals surface area contributed by atoms with E-state index < -0.39 is 11.8 Å². The Labute approximate surface area is 86.2 Å². The van der Waals surface area contributed by atoms with Crippen LogP contribution in [0.15, 0.2) is 18.2 Å². The van der Waals surface area contributed by atoms with E-state index in [0.717, 1.165) is 12.0 Å². The fourth-order valence-electron chi connectivity index (χ4n) is 1.85. The van der Waals surface area contributed by atoms with Gasteiger partial charge in [-0.25, -0.2) is 4.39 Å². The predicted molar refractivity (Wildman–Crippen MR) is 48.5 cm³/mol. The summed E-state index contributed by atoms with van der Waals surface area (Å²) in [4.78, 5) is 10.3. The Morgan fingerprint density at radius 2 is 2.33 bits per heavy atom. The van der Waals surface area contributed by atoms with Crippen LogP contribution in [-0.4, -0.2) is 11.1 Å². The van der Waals surface area contributed by atoms with Crippen LogP contribution in [0, 0.1) is 11.7 Å². The van der Waals surface area contributed by atoms with Crippen molar-refractivity contribution in [1.29, 1.82) is 0 Å². The summed E-state index contributed by atoms with van der Waals surface area (Å²) in [5, 5.41) is 19.3. The second kappa shape index (κ2) is 3.53. The Morgan fingerprint density at radius 3 is 2.93 bits per heavy atom. The molecule has 1 fully saturated rings. The van der Waals surface area contributed by atoms with Gasteiger partial charge < -0.3 is 15.0 Å². The SMILES string of the molecule is O=C([O-])CC1CC1c1ccc(O)c(F)c1. The second-order valence-corrected chi connectivity index (χ2v) is 3.89. The van der Waals surface area contributed by atoms with Crippen LogP contribution >= 0.6 is 0 Å². The van der Waals surface area contributed by atoms with Gasteiger partial charge >= 0.3 is 0 Å². The van der Waals surface area contributed by atoms with Crippen LogP contribution in [-0.2, 0) is 4.79 Å². The van der Waals surface area contributed by atoms with Crippen LogP contribution in [0.3, 0.4) is 0 Å². The molecule has 1 saturated carbocycles. The van der Waals surface area contributed by atoms with E-state index in [1.54, 1.807) is 6.07 Å². The van der Waals surface area contributed by atoms with Crippen molar-refractivity contribution in [2.24, 2.45) is 5.92 Å². The zero-order valence-electron chi connectivity index (χ0n) is 7.94. The Morgan fingerprint density at radius 1 is 1.60 bits per heavy atom. The van der Waals surface area contributed by atoms with Crippen molar-refractivity contribution in [2.75, 3.05) is 0 Å². The summed E-state index contributed by atoms with van der Waals surface area (Å²) in [6.45, 7) is 0. The van der Waals surface area contributed by atoms with Crippen LogP contribution in [0.4, 0.5) is 4.39 Å². The lowest BCUT2D eigenvalue weighted by atomic mass is 10.1. The van der Waals surface area contributed by atoms with Gasteiger partial charge in [-0.1, -0.05) is 6.07 Å². The van der Waals surface area contributed by atoms with E-state index in [2.05, 4.69) is 0 Å². The number of carboxylic acid groups (broad SMARTS) is 1. The summed E-state index contributed by atoms with van der Waals surface area (Å²) in [5.41, 5.74) is 0.747. The number of carbonyl (C=O) groups is 1. The van der Waals surface area contributed by atoms with Crippen molar-refractivity contribution in [1.82, 2.24) is 0 Å². The summed E-state index contributed by atoms with van der Waals surface area (Å²) in [6.07, 6.45) is 0.769. The number of aromatic hydroxyl groups is 1. The van der Waals surface area contributed by atoms with Crippen molar-refractivity contribution < 1.29 is 19.4 Å². The van der Waals surface area contributed by atoms with Crippen LogP contribution in [0.1, 0.15) is 24.3 Å². The van der Waals surface area contributed by atoms with Gasteiger partial charge in [-0.05, 0) is 42.4 Å². The summed E-state index contributed by atoms with van der Waals surface area (Å²) >= 11 is 0. The van der Waals surface area contributed by atoms with Crippen molar-refractivity contribution in [2.45, 2.75) is 18.8 Å². The molecule has 0 saturated heterocycles. The van der Waals surface area contributed by atoms with Crippen LogP contribution in [0.25, 0.3) is 0 Å². The molecule has 0 heterocycles. The number of hydrogen-bond acceptors (Lipinski definition) is 3. The molecule has 0 radical (unpaired) electrons. The highest BCUT2D eigenvalue weighted by molar-refractivity contribution is 5.65. The van der Waals surface area contributed by atoms with E-state index in [0.29, 0.717) is 0 Å². The third-order valence-electron chi connectivity index (χ3n) is 2.75. The largest absolute Gasteiger partial charge is 0.550 e. The van der Waals surface area contributed by atoms with E-state index in [-0.39, 0.29) is 24.0 Å².